The maximum absolute atomic E-state index is 11.5. The number of nitrogens with two attached hydrogens (primary N) is 1. The van der Waals surface area contributed by atoms with Crippen LogP contribution in [0.1, 0.15) is 6.42 Å². The minimum absolute atomic E-state index is 0.137. The van der Waals surface area contributed by atoms with Gasteiger partial charge in [-0.25, -0.2) is 0 Å². The molecule has 1 aromatic heterocycles. The highest BCUT2D eigenvalue weighted by Gasteiger charge is 2.07. The van der Waals surface area contributed by atoms with E-state index in [0.29, 0.717) is 17.3 Å². The third kappa shape index (κ3) is 2.72. The Morgan fingerprint density at radius 2 is 2.29 bits per heavy atom. The first kappa shape index (κ1) is 11.8. The zero-order chi connectivity index (χ0) is 12.3. The number of halogens is 1. The van der Waals surface area contributed by atoms with Gasteiger partial charge in [-0.2, -0.15) is 0 Å². The highest BCUT2D eigenvalue weighted by atomic mass is 35.5. The van der Waals surface area contributed by atoms with Crippen molar-refractivity contribution in [2.75, 3.05) is 11.9 Å². The average Bonchev–Trinajstić information content (AvgIpc) is 2.29. The summed E-state index contributed by atoms with van der Waals surface area (Å²) in [6, 6.07) is 7.21. The molecule has 1 aromatic carbocycles. The van der Waals surface area contributed by atoms with Gasteiger partial charge in [0.05, 0.1) is 11.2 Å². The molecule has 17 heavy (non-hydrogen) atoms. The van der Waals surface area contributed by atoms with Crippen LogP contribution < -0.4 is 11.1 Å². The molecule has 3 N–H and O–H groups in total. The number of nitrogens with one attached hydrogen (secondary N) is 1. The summed E-state index contributed by atoms with van der Waals surface area (Å²) in [6.45, 7) is 0.317. The Hall–Kier alpha value is -1.65. The predicted molar refractivity (Wildman–Crippen MR) is 69.1 cm³/mol. The van der Waals surface area contributed by atoms with Crippen LogP contribution >= 0.6 is 11.6 Å². The minimum atomic E-state index is -0.137. The molecule has 0 spiro atoms. The van der Waals surface area contributed by atoms with E-state index in [1.165, 1.54) is 0 Å². The van der Waals surface area contributed by atoms with Gasteiger partial charge in [0.15, 0.2) is 0 Å². The van der Waals surface area contributed by atoms with E-state index < -0.39 is 0 Å². The molecule has 0 bridgehead atoms. The molecule has 1 heterocycles. The van der Waals surface area contributed by atoms with Crippen LogP contribution in [0.25, 0.3) is 10.9 Å². The van der Waals surface area contributed by atoms with E-state index in [1.807, 2.05) is 18.2 Å². The number of fused-ring (bicyclic) bond motifs is 1. The predicted octanol–water partition coefficient (Wildman–Crippen LogP) is 2.18. The molecule has 0 saturated carbocycles. The van der Waals surface area contributed by atoms with E-state index in [0.717, 1.165) is 10.9 Å². The number of aromatic nitrogens is 1. The lowest BCUT2D eigenvalue weighted by Gasteiger charge is -2.08. The molecular formula is C12H12ClN3O. The van der Waals surface area contributed by atoms with Crippen LogP contribution in [0.15, 0.2) is 30.5 Å². The van der Waals surface area contributed by atoms with E-state index in [4.69, 9.17) is 17.3 Å². The quantitative estimate of drug-likeness (QED) is 0.876. The van der Waals surface area contributed by atoms with Gasteiger partial charge in [-0.05, 0) is 18.2 Å². The maximum Gasteiger partial charge on any atom is 0.225 e. The molecule has 2 rings (SSSR count). The highest BCUT2D eigenvalue weighted by Crippen LogP contribution is 2.26. The van der Waals surface area contributed by atoms with E-state index in [-0.39, 0.29) is 12.3 Å². The van der Waals surface area contributed by atoms with E-state index in [9.17, 15) is 4.79 Å². The van der Waals surface area contributed by atoms with Crippen molar-refractivity contribution in [2.45, 2.75) is 6.42 Å². The number of carbonyl (C=O) groups excluding carboxylic acids is 1. The molecule has 4 nitrogen and oxygen atoms in total. The standard InChI is InChI=1S/C12H12ClN3O/c13-9-6-8-2-1-5-15-12(8)10(7-9)16-11(17)3-4-14/h1-2,5-7H,3-4,14H2,(H,16,17). The third-order valence-corrected chi connectivity index (χ3v) is 2.53. The number of pyridine rings is 1. The lowest BCUT2D eigenvalue weighted by molar-refractivity contribution is -0.116. The summed E-state index contributed by atoms with van der Waals surface area (Å²) < 4.78 is 0. The monoisotopic (exact) mass is 249 g/mol. The Bertz CT molecular complexity index is 556. The van der Waals surface area contributed by atoms with Crippen molar-refractivity contribution >= 4 is 34.1 Å². The van der Waals surface area contributed by atoms with E-state index in [2.05, 4.69) is 10.3 Å². The first-order valence-electron chi connectivity index (χ1n) is 5.25. The van der Waals surface area contributed by atoms with Crippen molar-refractivity contribution in [3.8, 4) is 0 Å². The molecule has 0 unspecified atom stereocenters. The molecular weight excluding hydrogens is 238 g/mol. The first-order chi connectivity index (χ1) is 8.20. The Morgan fingerprint density at radius 1 is 1.47 bits per heavy atom. The Balaban J connectivity index is 2.42. The Kier molecular flexibility index (Phi) is 3.56. The zero-order valence-corrected chi connectivity index (χ0v) is 9.87. The van der Waals surface area contributed by atoms with Crippen LogP contribution in [0.5, 0.6) is 0 Å². The fourth-order valence-corrected chi connectivity index (χ4v) is 1.82. The summed E-state index contributed by atoms with van der Waals surface area (Å²) in [5.41, 5.74) is 6.66. The summed E-state index contributed by atoms with van der Waals surface area (Å²) in [4.78, 5) is 15.7. The fraction of sp³-hybridized carbons (Fsp3) is 0.167. The van der Waals surface area contributed by atoms with Crippen LogP contribution in [-0.2, 0) is 4.79 Å². The highest BCUT2D eigenvalue weighted by molar-refractivity contribution is 6.32. The zero-order valence-electron chi connectivity index (χ0n) is 9.11. The number of benzene rings is 1. The van der Waals surface area contributed by atoms with Crippen LogP contribution in [0.3, 0.4) is 0 Å². The largest absolute Gasteiger partial charge is 0.330 e. The van der Waals surface area contributed by atoms with Crippen molar-refractivity contribution in [1.82, 2.24) is 4.98 Å². The molecule has 0 radical (unpaired) electrons. The van der Waals surface area contributed by atoms with E-state index >= 15 is 0 Å². The number of rotatable bonds is 3. The van der Waals surface area contributed by atoms with Crippen molar-refractivity contribution in [3.63, 3.8) is 0 Å². The molecule has 0 saturated heterocycles. The van der Waals surface area contributed by atoms with Gasteiger partial charge >= 0.3 is 0 Å². The van der Waals surface area contributed by atoms with Gasteiger partial charge in [0.1, 0.15) is 0 Å². The maximum atomic E-state index is 11.5. The summed E-state index contributed by atoms with van der Waals surface area (Å²) >= 11 is 5.98. The molecule has 0 atom stereocenters. The van der Waals surface area contributed by atoms with E-state index in [1.54, 1.807) is 12.3 Å². The lowest BCUT2D eigenvalue weighted by atomic mass is 10.2. The molecule has 88 valence electrons. The van der Waals surface area contributed by atoms with Crippen LogP contribution in [-0.4, -0.2) is 17.4 Å². The lowest BCUT2D eigenvalue weighted by Crippen LogP contribution is -2.16. The van der Waals surface area contributed by atoms with Gasteiger partial charge in [0, 0.05) is 29.6 Å². The van der Waals surface area contributed by atoms with Crippen molar-refractivity contribution in [3.05, 3.63) is 35.5 Å². The summed E-state index contributed by atoms with van der Waals surface area (Å²) in [7, 11) is 0. The Morgan fingerprint density at radius 3 is 3.06 bits per heavy atom. The van der Waals surface area contributed by atoms with Gasteiger partial charge < -0.3 is 11.1 Å². The third-order valence-electron chi connectivity index (χ3n) is 2.32. The molecule has 0 aliphatic heterocycles. The van der Waals surface area contributed by atoms with Gasteiger partial charge in [-0.1, -0.05) is 17.7 Å². The van der Waals surface area contributed by atoms with Crippen LogP contribution in [0.2, 0.25) is 5.02 Å². The summed E-state index contributed by atoms with van der Waals surface area (Å²) in [5.74, 6) is -0.137. The second kappa shape index (κ2) is 5.12. The summed E-state index contributed by atoms with van der Waals surface area (Å²) in [5, 5.41) is 4.22. The topological polar surface area (TPSA) is 68.0 Å². The molecule has 0 aliphatic carbocycles. The van der Waals surface area contributed by atoms with Gasteiger partial charge in [0.2, 0.25) is 5.91 Å². The minimum Gasteiger partial charge on any atom is -0.330 e. The first-order valence-corrected chi connectivity index (χ1v) is 5.62. The summed E-state index contributed by atoms with van der Waals surface area (Å²) in [6.07, 6.45) is 1.95. The second-order valence-corrected chi connectivity index (χ2v) is 4.05. The van der Waals surface area contributed by atoms with Gasteiger partial charge in [-0.15, -0.1) is 0 Å². The number of hydrogen-bond donors (Lipinski definition) is 2. The molecule has 5 heteroatoms. The normalized spacial score (nSPS) is 10.5. The molecule has 0 fully saturated rings. The fourth-order valence-electron chi connectivity index (χ4n) is 1.59. The number of amides is 1. The number of anilines is 1. The SMILES string of the molecule is NCCC(=O)Nc1cc(Cl)cc2cccnc12. The molecule has 0 aliphatic rings. The van der Waals surface area contributed by atoms with Crippen LogP contribution in [0.4, 0.5) is 5.69 Å². The number of carbonyl (C=O) groups is 1. The number of nitrogens with zero attached hydrogens (tertiary/aromatic N) is 1. The Labute approximate surface area is 104 Å². The van der Waals surface area contributed by atoms with Crippen molar-refractivity contribution < 1.29 is 4.79 Å². The van der Waals surface area contributed by atoms with Crippen molar-refractivity contribution in [2.24, 2.45) is 5.73 Å². The number of hydrogen-bond acceptors (Lipinski definition) is 3. The second-order valence-electron chi connectivity index (χ2n) is 3.62. The van der Waals surface area contributed by atoms with Crippen molar-refractivity contribution in [1.29, 1.82) is 0 Å². The molecule has 1 amide bonds. The van der Waals surface area contributed by atoms with Gasteiger partial charge in [-0.3, -0.25) is 9.78 Å². The average molecular weight is 250 g/mol. The van der Waals surface area contributed by atoms with Crippen LogP contribution in [0, 0.1) is 0 Å². The van der Waals surface area contributed by atoms with Gasteiger partial charge in [0.25, 0.3) is 0 Å². The molecule has 2 aromatic rings. The smallest absolute Gasteiger partial charge is 0.225 e.